The third kappa shape index (κ3) is 8.89. The first-order valence-corrected chi connectivity index (χ1v) is 21.7. The van der Waals surface area contributed by atoms with Gasteiger partial charge in [-0.25, -0.2) is 48.0 Å². The van der Waals surface area contributed by atoms with Gasteiger partial charge >= 0.3 is 0 Å². The molecule has 10 rings (SSSR count). The number of benzene rings is 2. The van der Waals surface area contributed by atoms with E-state index in [4.69, 9.17) is 44.1 Å². The summed E-state index contributed by atoms with van der Waals surface area (Å²) in [5.74, 6) is 1.17. The minimum absolute atomic E-state index is 0.0310. The number of hydrogen-bond acceptors (Lipinski definition) is 16. The van der Waals surface area contributed by atoms with Crippen LogP contribution in [0.2, 0.25) is 10.0 Å². The second-order valence-corrected chi connectivity index (χ2v) is 16.2. The third-order valence-corrected chi connectivity index (χ3v) is 12.1. The number of piperazine rings is 2. The Morgan fingerprint density at radius 1 is 0.618 bits per heavy atom. The summed E-state index contributed by atoms with van der Waals surface area (Å²) in [6, 6.07) is 5.62. The van der Waals surface area contributed by atoms with Crippen LogP contribution in [0.1, 0.15) is 0 Å². The quantitative estimate of drug-likeness (QED) is 0.151. The Bertz CT molecular complexity index is 2910. The van der Waals surface area contributed by atoms with Gasteiger partial charge < -0.3 is 50.5 Å². The Labute approximate surface area is 394 Å². The van der Waals surface area contributed by atoms with E-state index in [2.05, 4.69) is 50.1 Å². The van der Waals surface area contributed by atoms with Gasteiger partial charge in [-0.05, 0) is 12.1 Å². The molecule has 2 aliphatic heterocycles. The highest BCUT2D eigenvalue weighted by atomic mass is 35.5. The molecule has 0 bridgehead atoms. The molecule has 68 heavy (non-hydrogen) atoms. The van der Waals surface area contributed by atoms with Gasteiger partial charge in [-0.15, -0.1) is 0 Å². The van der Waals surface area contributed by atoms with Gasteiger partial charge in [0.1, 0.15) is 71.9 Å². The minimum Gasteiger partial charge on any atom is -0.495 e. The average molecular weight is 972 g/mol. The molecular formula is C42H42Cl2F2N18O4. The molecule has 2 aromatic carbocycles. The van der Waals surface area contributed by atoms with Gasteiger partial charge in [0.2, 0.25) is 11.8 Å². The van der Waals surface area contributed by atoms with Crippen LogP contribution in [0.3, 0.4) is 0 Å². The van der Waals surface area contributed by atoms with Crippen LogP contribution in [0.4, 0.5) is 31.8 Å². The molecule has 6 N–H and O–H groups in total. The van der Waals surface area contributed by atoms with Crippen molar-refractivity contribution in [3.05, 3.63) is 83.4 Å². The lowest BCUT2D eigenvalue weighted by atomic mass is 10.2. The van der Waals surface area contributed by atoms with Crippen LogP contribution in [0, 0.1) is 11.6 Å². The zero-order valence-corrected chi connectivity index (χ0v) is 37.9. The van der Waals surface area contributed by atoms with Crippen molar-refractivity contribution in [3.63, 3.8) is 0 Å². The maximum absolute atomic E-state index is 14.5. The molecule has 6 aromatic heterocycles. The number of anilines is 4. The number of amides is 2. The normalized spacial score (nSPS) is 14.1. The summed E-state index contributed by atoms with van der Waals surface area (Å²) in [5, 5.41) is 10.6. The summed E-state index contributed by atoms with van der Waals surface area (Å²) >= 11 is 12.0. The molecule has 0 atom stereocenters. The highest BCUT2D eigenvalue weighted by Crippen LogP contribution is 2.35. The number of carbonyl (C=O) groups excluding carboxylic acids is 2. The van der Waals surface area contributed by atoms with Crippen molar-refractivity contribution in [3.8, 4) is 34.5 Å². The number of nitrogens with zero attached hydrogens (tertiary/aromatic N) is 14. The lowest BCUT2D eigenvalue weighted by Crippen LogP contribution is -2.50. The molecule has 0 aliphatic carbocycles. The Morgan fingerprint density at radius 2 is 1.01 bits per heavy atom. The Morgan fingerprint density at radius 3 is 1.37 bits per heavy atom. The van der Waals surface area contributed by atoms with E-state index in [1.807, 2.05) is 9.80 Å². The monoisotopic (exact) mass is 970 g/mol. The van der Waals surface area contributed by atoms with Crippen molar-refractivity contribution in [2.75, 3.05) is 87.8 Å². The summed E-state index contributed by atoms with van der Waals surface area (Å²) in [6.45, 7) is 3.46. The number of imidazole rings is 2. The highest BCUT2D eigenvalue weighted by Gasteiger charge is 2.28. The van der Waals surface area contributed by atoms with Gasteiger partial charge in [0, 0.05) is 89.3 Å². The SMILES string of the molecule is COc1cc(N2CCN(C(=O)Cn3nc(-c4ncc[nH]4)c4c(N)ncnc43)CC2)c(F)cc1Cl.COc1cc(N2CCN(C(=O)Cn3nc(-c4ncc[nH]4)c4c(N)ncnc43)CC2)c(F)cc1Cl. The number of H-pyrrole nitrogens is 2. The van der Waals surface area contributed by atoms with Gasteiger partial charge in [-0.1, -0.05) is 23.2 Å². The molecule has 0 saturated carbocycles. The van der Waals surface area contributed by atoms with E-state index >= 15 is 0 Å². The number of aromatic nitrogens is 12. The number of nitrogen functional groups attached to an aromatic ring is 2. The van der Waals surface area contributed by atoms with Crippen molar-refractivity contribution in [2.45, 2.75) is 13.1 Å². The van der Waals surface area contributed by atoms with E-state index in [1.165, 1.54) is 48.4 Å². The first-order valence-electron chi connectivity index (χ1n) is 21.0. The van der Waals surface area contributed by atoms with E-state index in [9.17, 15) is 18.4 Å². The van der Waals surface area contributed by atoms with Gasteiger partial charge in [0.15, 0.2) is 22.9 Å². The number of halogens is 4. The predicted molar refractivity (Wildman–Crippen MR) is 248 cm³/mol. The zero-order chi connectivity index (χ0) is 47.6. The number of hydrogen-bond donors (Lipinski definition) is 4. The van der Waals surface area contributed by atoms with Gasteiger partial charge in [0.25, 0.3) is 0 Å². The standard InChI is InChI=1S/2C21H21ClFN9O2/c2*1-34-15-9-14(13(23)8-12(15)22)30-4-6-31(7-5-30)16(33)10-32-21-17(19(24)27-11-28-21)18(29-32)20-25-2-3-26-20/h2*2-3,8-9,11H,4-7,10H2,1H3,(H,25,26)(H2,24,27,28). The lowest BCUT2D eigenvalue weighted by Gasteiger charge is -2.36. The molecule has 2 aliphatic rings. The molecule has 0 unspecified atom stereocenters. The van der Waals surface area contributed by atoms with Crippen molar-refractivity contribution in [1.29, 1.82) is 0 Å². The van der Waals surface area contributed by atoms with Crippen LogP contribution >= 0.6 is 23.2 Å². The smallest absolute Gasteiger partial charge is 0.244 e. The van der Waals surface area contributed by atoms with Crippen molar-refractivity contribution < 1.29 is 27.8 Å². The number of methoxy groups -OCH3 is 2. The number of nitrogens with two attached hydrogens (primary N) is 2. The number of nitrogens with one attached hydrogen (secondary N) is 2. The lowest BCUT2D eigenvalue weighted by molar-refractivity contribution is -0.133. The molecule has 0 radical (unpaired) electrons. The summed E-state index contributed by atoms with van der Waals surface area (Å²) < 4.78 is 42.4. The van der Waals surface area contributed by atoms with Gasteiger partial charge in [0.05, 0.1) is 46.4 Å². The first kappa shape index (κ1) is 45.3. The Kier molecular flexibility index (Phi) is 12.8. The van der Waals surface area contributed by atoms with Crippen LogP contribution in [-0.4, -0.2) is 148 Å². The van der Waals surface area contributed by atoms with Crippen LogP contribution < -0.4 is 30.7 Å². The number of ether oxygens (including phenoxy) is 2. The van der Waals surface area contributed by atoms with Crippen molar-refractivity contribution in [1.82, 2.24) is 69.2 Å². The average Bonchev–Trinajstić information content (AvgIpc) is 4.18. The number of rotatable bonds is 10. The first-order chi connectivity index (χ1) is 32.9. The van der Waals surface area contributed by atoms with Crippen LogP contribution in [-0.2, 0) is 22.7 Å². The number of carbonyl (C=O) groups is 2. The van der Waals surface area contributed by atoms with E-state index in [0.717, 1.165) is 0 Å². The topological polar surface area (TPSA) is 262 Å². The summed E-state index contributed by atoms with van der Waals surface area (Å²) in [7, 11) is 2.96. The fourth-order valence-corrected chi connectivity index (χ4v) is 8.54. The molecule has 2 saturated heterocycles. The maximum Gasteiger partial charge on any atom is 0.244 e. The summed E-state index contributed by atoms with van der Waals surface area (Å²) in [4.78, 5) is 64.4. The van der Waals surface area contributed by atoms with Gasteiger partial charge in [-0.3, -0.25) is 9.59 Å². The largest absolute Gasteiger partial charge is 0.495 e. The van der Waals surface area contributed by atoms with Crippen molar-refractivity contribution in [2.24, 2.45) is 0 Å². The molecule has 352 valence electrons. The van der Waals surface area contributed by atoms with E-state index in [0.29, 0.717) is 120 Å². The number of fused-ring (bicyclic) bond motifs is 2. The van der Waals surface area contributed by atoms with E-state index in [-0.39, 0.29) is 46.6 Å². The van der Waals surface area contributed by atoms with Crippen LogP contribution in [0.15, 0.2) is 61.7 Å². The number of aromatic amines is 2. The Hall–Kier alpha value is -7.86. The van der Waals surface area contributed by atoms with E-state index in [1.54, 1.807) is 46.7 Å². The summed E-state index contributed by atoms with van der Waals surface area (Å²) in [6.07, 6.45) is 9.21. The third-order valence-electron chi connectivity index (χ3n) is 11.5. The highest BCUT2D eigenvalue weighted by molar-refractivity contribution is 6.32. The predicted octanol–water partition coefficient (Wildman–Crippen LogP) is 3.90. The van der Waals surface area contributed by atoms with E-state index < -0.39 is 11.6 Å². The molecule has 2 amide bonds. The molecule has 2 fully saturated rings. The maximum atomic E-state index is 14.5. The molecule has 22 nitrogen and oxygen atoms in total. The molecule has 8 aromatic rings. The molecule has 0 spiro atoms. The second-order valence-electron chi connectivity index (χ2n) is 15.4. The molecular weight excluding hydrogens is 929 g/mol. The van der Waals surface area contributed by atoms with Crippen LogP contribution in [0.5, 0.6) is 11.5 Å². The fourth-order valence-electron chi connectivity index (χ4n) is 8.09. The summed E-state index contributed by atoms with van der Waals surface area (Å²) in [5.41, 5.74) is 14.8. The van der Waals surface area contributed by atoms with Gasteiger partial charge in [-0.2, -0.15) is 10.2 Å². The second kappa shape index (κ2) is 19.2. The fraction of sp³-hybridized carbons (Fsp3) is 0.286. The zero-order valence-electron chi connectivity index (χ0n) is 36.4. The molecule has 26 heteroatoms. The van der Waals surface area contributed by atoms with Crippen LogP contribution in [0.25, 0.3) is 45.1 Å². The van der Waals surface area contributed by atoms with Crippen molar-refractivity contribution >= 4 is 80.1 Å². The minimum atomic E-state index is -0.434. The molecule has 8 heterocycles. The Balaban J connectivity index is 0.000000170.